The Morgan fingerprint density at radius 2 is 2.57 bits per heavy atom. The third-order valence-corrected chi connectivity index (χ3v) is 3.19. The highest BCUT2D eigenvalue weighted by Gasteiger charge is 2.52. The van der Waals surface area contributed by atoms with Crippen molar-refractivity contribution in [2.45, 2.75) is 25.9 Å². The number of fused-ring (bicyclic) bond motifs is 1. The number of hydrogen-bond acceptors (Lipinski definition) is 4. The molecule has 0 amide bonds. The zero-order valence-electron chi connectivity index (χ0n) is 8.54. The first-order valence-corrected chi connectivity index (χ1v) is 5.29. The molecule has 0 saturated carbocycles. The first-order chi connectivity index (χ1) is 6.79. The Labute approximate surface area is 84.0 Å². The van der Waals surface area contributed by atoms with Gasteiger partial charge in [0.1, 0.15) is 5.41 Å². The van der Waals surface area contributed by atoms with Crippen LogP contribution in [0.15, 0.2) is 0 Å². The first kappa shape index (κ1) is 9.93. The van der Waals surface area contributed by atoms with Crippen LogP contribution in [-0.2, 0) is 14.3 Å². The number of rotatable bonds is 2. The smallest absolute Gasteiger partial charge is 0.316 e. The average Bonchev–Trinajstić information content (AvgIpc) is 2.62. The topological polar surface area (TPSA) is 47.6 Å². The zero-order chi connectivity index (χ0) is 10.0. The minimum atomic E-state index is -0.395. The molecule has 14 heavy (non-hydrogen) atoms. The van der Waals surface area contributed by atoms with E-state index in [9.17, 15) is 4.79 Å². The van der Waals surface area contributed by atoms with Crippen LogP contribution in [0.2, 0.25) is 0 Å². The van der Waals surface area contributed by atoms with E-state index in [0.717, 1.165) is 19.4 Å². The summed E-state index contributed by atoms with van der Waals surface area (Å²) in [6.07, 6.45) is 1.78. The Balaban J connectivity index is 2.13. The van der Waals surface area contributed by atoms with Crippen LogP contribution in [0.4, 0.5) is 0 Å². The van der Waals surface area contributed by atoms with Crippen LogP contribution < -0.4 is 5.32 Å². The van der Waals surface area contributed by atoms with Crippen LogP contribution in [0.5, 0.6) is 0 Å². The summed E-state index contributed by atoms with van der Waals surface area (Å²) in [4.78, 5) is 11.9. The molecule has 2 rings (SSSR count). The van der Waals surface area contributed by atoms with E-state index >= 15 is 0 Å². The van der Waals surface area contributed by atoms with E-state index < -0.39 is 5.41 Å². The molecule has 2 heterocycles. The predicted octanol–water partition coefficient (Wildman–Crippen LogP) is 0.318. The van der Waals surface area contributed by atoms with E-state index in [1.54, 1.807) is 0 Å². The van der Waals surface area contributed by atoms with Gasteiger partial charge in [-0.3, -0.25) is 4.79 Å². The number of piperidine rings is 1. The summed E-state index contributed by atoms with van der Waals surface area (Å²) in [5.74, 6) is -0.0882. The fourth-order valence-corrected chi connectivity index (χ4v) is 2.39. The molecule has 80 valence electrons. The van der Waals surface area contributed by atoms with Crippen molar-refractivity contribution in [3.63, 3.8) is 0 Å². The molecule has 4 nitrogen and oxygen atoms in total. The highest BCUT2D eigenvalue weighted by atomic mass is 16.5. The Kier molecular flexibility index (Phi) is 2.74. The van der Waals surface area contributed by atoms with E-state index in [2.05, 4.69) is 5.32 Å². The third kappa shape index (κ3) is 1.42. The Bertz CT molecular complexity index is 231. The highest BCUT2D eigenvalue weighted by molar-refractivity contribution is 5.78. The van der Waals surface area contributed by atoms with Crippen LogP contribution in [0.1, 0.15) is 19.8 Å². The summed E-state index contributed by atoms with van der Waals surface area (Å²) in [5.41, 5.74) is -0.395. The van der Waals surface area contributed by atoms with Crippen LogP contribution in [0.25, 0.3) is 0 Å². The minimum Gasteiger partial charge on any atom is -0.465 e. The second-order valence-electron chi connectivity index (χ2n) is 3.95. The maximum Gasteiger partial charge on any atom is 0.316 e. The van der Waals surface area contributed by atoms with Crippen LogP contribution in [0.3, 0.4) is 0 Å². The number of ether oxygens (including phenoxy) is 2. The van der Waals surface area contributed by atoms with Gasteiger partial charge in [0.15, 0.2) is 0 Å². The van der Waals surface area contributed by atoms with Crippen molar-refractivity contribution in [3.05, 3.63) is 0 Å². The molecule has 0 unspecified atom stereocenters. The van der Waals surface area contributed by atoms with E-state index in [0.29, 0.717) is 19.8 Å². The minimum absolute atomic E-state index is 0.0720. The van der Waals surface area contributed by atoms with Crippen LogP contribution >= 0.6 is 0 Å². The number of carbonyl (C=O) groups excluding carboxylic acids is 1. The maximum atomic E-state index is 11.9. The van der Waals surface area contributed by atoms with E-state index in [1.165, 1.54) is 0 Å². The van der Waals surface area contributed by atoms with Gasteiger partial charge >= 0.3 is 5.97 Å². The van der Waals surface area contributed by atoms with E-state index in [-0.39, 0.29) is 12.1 Å². The quantitative estimate of drug-likeness (QED) is 0.651. The monoisotopic (exact) mass is 199 g/mol. The highest BCUT2D eigenvalue weighted by Crippen LogP contribution is 2.39. The van der Waals surface area contributed by atoms with Gasteiger partial charge in [-0.25, -0.2) is 0 Å². The standard InChI is InChI=1S/C10H17NO3/c1-2-13-9(12)10-4-6-14-8(10)3-5-11-7-10/h8,11H,2-7H2,1H3/t8-,10-/m1/s1. The van der Waals surface area contributed by atoms with Crippen molar-refractivity contribution in [1.82, 2.24) is 5.32 Å². The molecule has 0 aromatic rings. The van der Waals surface area contributed by atoms with Crippen molar-refractivity contribution in [1.29, 1.82) is 0 Å². The van der Waals surface area contributed by atoms with Crippen molar-refractivity contribution in [3.8, 4) is 0 Å². The van der Waals surface area contributed by atoms with Gasteiger partial charge in [-0.05, 0) is 26.3 Å². The second-order valence-corrected chi connectivity index (χ2v) is 3.95. The summed E-state index contributed by atoms with van der Waals surface area (Å²) < 4.78 is 10.7. The van der Waals surface area contributed by atoms with Crippen LogP contribution in [-0.4, -0.2) is 38.4 Å². The molecular formula is C10H17NO3. The zero-order valence-corrected chi connectivity index (χ0v) is 8.54. The van der Waals surface area contributed by atoms with Gasteiger partial charge in [-0.2, -0.15) is 0 Å². The van der Waals surface area contributed by atoms with E-state index in [1.807, 2.05) is 6.92 Å². The Morgan fingerprint density at radius 1 is 1.71 bits per heavy atom. The number of carbonyl (C=O) groups is 1. The van der Waals surface area contributed by atoms with Crippen LogP contribution in [0, 0.1) is 5.41 Å². The summed E-state index contributed by atoms with van der Waals surface area (Å²) in [6.45, 7) is 4.62. The van der Waals surface area contributed by atoms with Gasteiger partial charge in [0.05, 0.1) is 12.7 Å². The van der Waals surface area contributed by atoms with Crippen molar-refractivity contribution >= 4 is 5.97 Å². The molecule has 2 atom stereocenters. The number of esters is 1. The number of hydrogen-bond donors (Lipinski definition) is 1. The molecule has 2 aliphatic rings. The lowest BCUT2D eigenvalue weighted by atomic mass is 9.77. The van der Waals surface area contributed by atoms with Crippen molar-refractivity contribution < 1.29 is 14.3 Å². The molecule has 2 fully saturated rings. The van der Waals surface area contributed by atoms with Gasteiger partial charge in [0.2, 0.25) is 0 Å². The normalized spacial score (nSPS) is 36.5. The molecule has 0 aromatic heterocycles. The molecule has 0 aromatic carbocycles. The summed E-state index contributed by atoms with van der Waals surface area (Å²) in [5, 5.41) is 3.26. The predicted molar refractivity (Wildman–Crippen MR) is 50.9 cm³/mol. The lowest BCUT2D eigenvalue weighted by Gasteiger charge is -2.35. The first-order valence-electron chi connectivity index (χ1n) is 5.29. The van der Waals surface area contributed by atoms with Gasteiger partial charge in [-0.1, -0.05) is 0 Å². The summed E-state index contributed by atoms with van der Waals surface area (Å²) in [6, 6.07) is 0. The van der Waals surface area contributed by atoms with Gasteiger partial charge < -0.3 is 14.8 Å². The SMILES string of the molecule is CCOC(=O)[C@@]12CCO[C@@H]1CCNC2. The lowest BCUT2D eigenvalue weighted by Crippen LogP contribution is -2.52. The van der Waals surface area contributed by atoms with E-state index in [4.69, 9.17) is 9.47 Å². The maximum absolute atomic E-state index is 11.9. The summed E-state index contributed by atoms with van der Waals surface area (Å²) >= 11 is 0. The molecule has 0 radical (unpaired) electrons. The fourth-order valence-electron chi connectivity index (χ4n) is 2.39. The lowest BCUT2D eigenvalue weighted by molar-refractivity contribution is -0.160. The fraction of sp³-hybridized carbons (Fsp3) is 0.900. The van der Waals surface area contributed by atoms with Gasteiger partial charge in [0.25, 0.3) is 0 Å². The second kappa shape index (κ2) is 3.87. The van der Waals surface area contributed by atoms with Crippen molar-refractivity contribution in [2.75, 3.05) is 26.3 Å². The summed E-state index contributed by atoms with van der Waals surface area (Å²) in [7, 11) is 0. The molecule has 2 saturated heterocycles. The molecule has 0 aliphatic carbocycles. The molecule has 1 N–H and O–H groups in total. The molecular weight excluding hydrogens is 182 g/mol. The molecule has 0 spiro atoms. The molecule has 4 heteroatoms. The Hall–Kier alpha value is -0.610. The average molecular weight is 199 g/mol. The third-order valence-electron chi connectivity index (χ3n) is 3.19. The van der Waals surface area contributed by atoms with Crippen molar-refractivity contribution in [2.24, 2.45) is 5.41 Å². The molecule has 2 aliphatic heterocycles. The number of nitrogens with one attached hydrogen (secondary N) is 1. The molecule has 0 bridgehead atoms. The largest absolute Gasteiger partial charge is 0.465 e. The Morgan fingerprint density at radius 3 is 3.36 bits per heavy atom. The van der Waals surface area contributed by atoms with Gasteiger partial charge in [-0.15, -0.1) is 0 Å². The van der Waals surface area contributed by atoms with Gasteiger partial charge in [0, 0.05) is 13.2 Å².